The van der Waals surface area contributed by atoms with Gasteiger partial charge >= 0.3 is 0 Å². The minimum atomic E-state index is -3.75. The van der Waals surface area contributed by atoms with E-state index >= 15 is 0 Å². The van der Waals surface area contributed by atoms with E-state index < -0.39 is 22.0 Å². The van der Waals surface area contributed by atoms with Gasteiger partial charge in [-0.25, -0.2) is 8.42 Å². The number of amides is 1. The van der Waals surface area contributed by atoms with Crippen molar-refractivity contribution in [1.29, 1.82) is 0 Å². The molecule has 0 aromatic heterocycles. The molecule has 0 saturated carbocycles. The van der Waals surface area contributed by atoms with Crippen LogP contribution in [0.2, 0.25) is 0 Å². The van der Waals surface area contributed by atoms with Crippen LogP contribution in [0.15, 0.2) is 23.1 Å². The molecule has 1 saturated heterocycles. The second-order valence-corrected chi connectivity index (χ2v) is 7.35. The summed E-state index contributed by atoms with van der Waals surface area (Å²) in [5.74, 6) is -0.618. The average Bonchev–Trinajstić information content (AvgIpc) is 2.88. The first-order chi connectivity index (χ1) is 9.75. The highest BCUT2D eigenvalue weighted by Gasteiger charge is 2.38. The van der Waals surface area contributed by atoms with Gasteiger partial charge in [0.15, 0.2) is 0 Å². The van der Waals surface area contributed by atoms with Gasteiger partial charge in [-0.2, -0.15) is 4.31 Å². The van der Waals surface area contributed by atoms with E-state index in [2.05, 4.69) is 0 Å². The van der Waals surface area contributed by atoms with Gasteiger partial charge in [0.2, 0.25) is 15.9 Å². The van der Waals surface area contributed by atoms with Gasteiger partial charge in [-0.15, -0.1) is 0 Å². The zero-order chi connectivity index (χ0) is 15.8. The van der Waals surface area contributed by atoms with Crippen LogP contribution in [0.3, 0.4) is 0 Å². The third kappa shape index (κ3) is 2.92. The third-order valence-electron chi connectivity index (χ3n) is 3.60. The topological polar surface area (TPSA) is 106 Å². The molecule has 1 unspecified atom stereocenters. The molecule has 1 aliphatic rings. The summed E-state index contributed by atoms with van der Waals surface area (Å²) < 4.78 is 26.4. The molecule has 0 radical (unpaired) electrons. The van der Waals surface area contributed by atoms with Crippen LogP contribution in [0.1, 0.15) is 24.0 Å². The predicted octanol–water partition coefficient (Wildman–Crippen LogP) is 0.268. The maximum atomic E-state index is 12.6. The maximum absolute atomic E-state index is 12.6. The molecule has 0 bridgehead atoms. The number of primary amides is 1. The van der Waals surface area contributed by atoms with Gasteiger partial charge in [-0.05, 0) is 37.5 Å². The van der Waals surface area contributed by atoms with E-state index in [0.29, 0.717) is 30.5 Å². The molecule has 1 amide bonds. The van der Waals surface area contributed by atoms with E-state index in [4.69, 9.17) is 23.7 Å². The van der Waals surface area contributed by atoms with Crippen LogP contribution in [-0.2, 0) is 14.8 Å². The monoisotopic (exact) mass is 327 g/mol. The first-order valence-corrected chi connectivity index (χ1v) is 8.31. The Bertz CT molecular complexity index is 701. The van der Waals surface area contributed by atoms with Crippen LogP contribution < -0.4 is 11.5 Å². The Labute approximate surface area is 129 Å². The third-order valence-corrected chi connectivity index (χ3v) is 5.73. The largest absolute Gasteiger partial charge is 0.389 e. The van der Waals surface area contributed by atoms with E-state index in [0.717, 1.165) is 0 Å². The first kappa shape index (κ1) is 15.9. The highest BCUT2D eigenvalue weighted by molar-refractivity contribution is 7.89. The molecule has 1 heterocycles. The number of carbonyl (C=O) groups is 1. The molecule has 4 N–H and O–H groups in total. The van der Waals surface area contributed by atoms with Gasteiger partial charge < -0.3 is 11.5 Å². The predicted molar refractivity (Wildman–Crippen MR) is 83.2 cm³/mol. The lowest BCUT2D eigenvalue weighted by Gasteiger charge is -2.22. The number of hydrogen-bond donors (Lipinski definition) is 2. The van der Waals surface area contributed by atoms with Crippen molar-refractivity contribution in [3.8, 4) is 0 Å². The highest BCUT2D eigenvalue weighted by Crippen LogP contribution is 2.27. The Morgan fingerprint density at radius 3 is 2.57 bits per heavy atom. The summed E-state index contributed by atoms with van der Waals surface area (Å²) in [6, 6.07) is 3.78. The summed E-state index contributed by atoms with van der Waals surface area (Å²) in [4.78, 5) is 11.7. The Hall–Kier alpha value is -1.51. The van der Waals surface area contributed by atoms with E-state index in [1.807, 2.05) is 0 Å². The number of rotatable bonds is 4. The van der Waals surface area contributed by atoms with Crippen LogP contribution >= 0.6 is 12.2 Å². The minimum Gasteiger partial charge on any atom is -0.389 e. The fraction of sp³-hybridized carbons (Fsp3) is 0.385. The molecule has 1 aromatic rings. The zero-order valence-electron chi connectivity index (χ0n) is 11.6. The maximum Gasteiger partial charge on any atom is 0.243 e. The van der Waals surface area contributed by atoms with Gasteiger partial charge in [0, 0.05) is 12.1 Å². The second-order valence-electron chi connectivity index (χ2n) is 5.02. The van der Waals surface area contributed by atoms with Crippen LogP contribution in [0.5, 0.6) is 0 Å². The number of aryl methyl sites for hydroxylation is 1. The summed E-state index contributed by atoms with van der Waals surface area (Å²) in [5, 5.41) is 0. The van der Waals surface area contributed by atoms with E-state index in [1.165, 1.54) is 16.4 Å². The number of sulfonamides is 1. The van der Waals surface area contributed by atoms with Crippen LogP contribution in [-0.4, -0.2) is 36.2 Å². The molecule has 8 heteroatoms. The van der Waals surface area contributed by atoms with Crippen molar-refractivity contribution < 1.29 is 13.2 Å². The van der Waals surface area contributed by atoms with Crippen molar-refractivity contribution in [2.24, 2.45) is 11.5 Å². The summed E-state index contributed by atoms with van der Waals surface area (Å²) in [6.45, 7) is 2.04. The normalized spacial score (nSPS) is 19.6. The lowest BCUT2D eigenvalue weighted by Crippen LogP contribution is -2.43. The van der Waals surface area contributed by atoms with Crippen molar-refractivity contribution in [2.75, 3.05) is 6.54 Å². The number of nitrogens with zero attached hydrogens (tertiary/aromatic N) is 1. The SMILES string of the molecule is Cc1cc(S(=O)(=O)N2CCCC2C(N)=O)ccc1C(N)=S. The van der Waals surface area contributed by atoms with Crippen LogP contribution in [0.25, 0.3) is 0 Å². The molecule has 1 aromatic carbocycles. The van der Waals surface area contributed by atoms with E-state index in [-0.39, 0.29) is 9.88 Å². The molecular weight excluding hydrogens is 310 g/mol. The number of nitrogens with two attached hydrogens (primary N) is 2. The lowest BCUT2D eigenvalue weighted by molar-refractivity contribution is -0.121. The van der Waals surface area contributed by atoms with Crippen molar-refractivity contribution in [2.45, 2.75) is 30.7 Å². The van der Waals surface area contributed by atoms with Crippen molar-refractivity contribution >= 4 is 33.1 Å². The minimum absolute atomic E-state index is 0.119. The van der Waals surface area contributed by atoms with E-state index in [9.17, 15) is 13.2 Å². The Balaban J connectivity index is 2.43. The first-order valence-electron chi connectivity index (χ1n) is 6.47. The quantitative estimate of drug-likeness (QED) is 0.772. The number of benzene rings is 1. The Kier molecular flexibility index (Phi) is 4.31. The Morgan fingerprint density at radius 2 is 2.05 bits per heavy atom. The van der Waals surface area contributed by atoms with Crippen molar-refractivity contribution in [1.82, 2.24) is 4.31 Å². The summed E-state index contributed by atoms with van der Waals surface area (Å²) in [5.41, 5.74) is 12.2. The van der Waals surface area contributed by atoms with Gasteiger partial charge in [0.05, 0.1) is 4.90 Å². The zero-order valence-corrected chi connectivity index (χ0v) is 13.2. The number of carbonyl (C=O) groups excluding carboxylic acids is 1. The molecule has 6 nitrogen and oxygen atoms in total. The van der Waals surface area contributed by atoms with Crippen molar-refractivity contribution in [3.05, 3.63) is 29.3 Å². The average molecular weight is 327 g/mol. The van der Waals surface area contributed by atoms with Crippen LogP contribution in [0.4, 0.5) is 0 Å². The molecule has 1 aliphatic heterocycles. The standard InChI is InChI=1S/C13H17N3O3S2/c1-8-7-9(4-5-10(8)13(15)20)21(18,19)16-6-2-3-11(16)12(14)17/h4-5,7,11H,2-3,6H2,1H3,(H2,14,17)(H2,15,20). The van der Waals surface area contributed by atoms with Gasteiger partial charge in [0.25, 0.3) is 0 Å². The van der Waals surface area contributed by atoms with Gasteiger partial charge in [-0.1, -0.05) is 18.3 Å². The fourth-order valence-corrected chi connectivity index (χ4v) is 4.50. The molecule has 114 valence electrons. The lowest BCUT2D eigenvalue weighted by atomic mass is 10.1. The fourth-order valence-electron chi connectivity index (χ4n) is 2.52. The van der Waals surface area contributed by atoms with Crippen LogP contribution in [0, 0.1) is 6.92 Å². The molecule has 0 aliphatic carbocycles. The van der Waals surface area contributed by atoms with Crippen molar-refractivity contribution in [3.63, 3.8) is 0 Å². The van der Waals surface area contributed by atoms with Gasteiger partial charge in [-0.3, -0.25) is 4.79 Å². The summed E-state index contributed by atoms with van der Waals surface area (Å²) >= 11 is 4.90. The van der Waals surface area contributed by atoms with Gasteiger partial charge in [0.1, 0.15) is 11.0 Å². The second kappa shape index (κ2) is 5.70. The Morgan fingerprint density at radius 1 is 1.38 bits per heavy atom. The molecule has 1 fully saturated rings. The highest BCUT2D eigenvalue weighted by atomic mass is 32.2. The smallest absolute Gasteiger partial charge is 0.243 e. The van der Waals surface area contributed by atoms with E-state index in [1.54, 1.807) is 13.0 Å². The number of thiocarbonyl (C=S) groups is 1. The summed E-state index contributed by atoms with van der Waals surface area (Å²) in [6.07, 6.45) is 1.08. The molecule has 0 spiro atoms. The summed E-state index contributed by atoms with van der Waals surface area (Å²) in [7, 11) is -3.75. The number of hydrogen-bond acceptors (Lipinski definition) is 4. The molecule has 21 heavy (non-hydrogen) atoms. The molecular formula is C13H17N3O3S2. The molecule has 2 rings (SSSR count). The molecule has 1 atom stereocenters.